The van der Waals surface area contributed by atoms with Crippen LogP contribution < -0.4 is 11.1 Å². The zero-order valence-electron chi connectivity index (χ0n) is 8.20. The van der Waals surface area contributed by atoms with Gasteiger partial charge in [-0.3, -0.25) is 9.89 Å². The first-order valence-corrected chi connectivity index (χ1v) is 5.61. The van der Waals surface area contributed by atoms with Crippen LogP contribution in [0.3, 0.4) is 0 Å². The van der Waals surface area contributed by atoms with Gasteiger partial charge in [0.2, 0.25) is 0 Å². The zero-order chi connectivity index (χ0) is 11.5. The Balaban J connectivity index is 2.21. The molecule has 1 heterocycles. The summed E-state index contributed by atoms with van der Waals surface area (Å²) < 4.78 is 0.968. The molecule has 82 valence electrons. The van der Waals surface area contributed by atoms with E-state index < -0.39 is 0 Å². The molecule has 0 unspecified atom stereocenters. The smallest absolute Gasteiger partial charge is 0.261 e. The molecule has 0 aliphatic heterocycles. The highest BCUT2D eigenvalue weighted by molar-refractivity contribution is 14.1. The molecule has 2 aromatic rings. The minimum absolute atomic E-state index is 0.267. The molecule has 4 N–H and O–H groups in total. The molecule has 0 bridgehead atoms. The van der Waals surface area contributed by atoms with E-state index in [1.54, 1.807) is 0 Å². The van der Waals surface area contributed by atoms with Crippen molar-refractivity contribution in [2.75, 3.05) is 11.1 Å². The number of carbonyl (C=O) groups excluding carboxylic acids is 1. The summed E-state index contributed by atoms with van der Waals surface area (Å²) >= 11 is 2.15. The second-order valence-corrected chi connectivity index (χ2v) is 4.29. The van der Waals surface area contributed by atoms with E-state index in [1.165, 1.54) is 6.20 Å². The van der Waals surface area contributed by atoms with E-state index in [2.05, 4.69) is 38.1 Å². The lowest BCUT2D eigenvalue weighted by Crippen LogP contribution is -2.13. The average molecular weight is 328 g/mol. The van der Waals surface area contributed by atoms with E-state index in [-0.39, 0.29) is 11.7 Å². The van der Waals surface area contributed by atoms with Gasteiger partial charge in [-0.15, -0.1) is 0 Å². The second-order valence-electron chi connectivity index (χ2n) is 3.13. The summed E-state index contributed by atoms with van der Waals surface area (Å²) in [6, 6.07) is 7.50. The maximum Gasteiger partial charge on any atom is 0.261 e. The number of anilines is 2. The fourth-order valence-corrected chi connectivity index (χ4v) is 1.75. The van der Waals surface area contributed by atoms with Crippen LogP contribution >= 0.6 is 22.6 Å². The maximum atomic E-state index is 11.8. The monoisotopic (exact) mass is 328 g/mol. The summed E-state index contributed by atoms with van der Waals surface area (Å²) in [5, 5.41) is 8.98. The van der Waals surface area contributed by atoms with Crippen molar-refractivity contribution < 1.29 is 4.79 Å². The zero-order valence-corrected chi connectivity index (χ0v) is 10.4. The van der Waals surface area contributed by atoms with Gasteiger partial charge in [-0.2, -0.15) is 5.10 Å². The Morgan fingerprint density at radius 1 is 1.44 bits per heavy atom. The molecule has 0 atom stereocenters. The van der Waals surface area contributed by atoms with E-state index >= 15 is 0 Å². The molecular weight excluding hydrogens is 319 g/mol. The molecule has 0 saturated carbocycles. The van der Waals surface area contributed by atoms with E-state index in [4.69, 9.17) is 5.73 Å². The lowest BCUT2D eigenvalue weighted by molar-refractivity contribution is 0.102. The Kier molecular flexibility index (Phi) is 3.09. The van der Waals surface area contributed by atoms with Crippen molar-refractivity contribution in [3.63, 3.8) is 0 Å². The van der Waals surface area contributed by atoms with Gasteiger partial charge in [-0.05, 0) is 34.7 Å². The fourth-order valence-electron chi connectivity index (χ4n) is 1.23. The van der Waals surface area contributed by atoms with E-state index in [0.29, 0.717) is 5.56 Å². The number of halogens is 1. The Bertz CT molecular complexity index is 523. The van der Waals surface area contributed by atoms with Crippen molar-refractivity contribution in [1.29, 1.82) is 0 Å². The highest BCUT2D eigenvalue weighted by Gasteiger charge is 2.12. The van der Waals surface area contributed by atoms with Gasteiger partial charge in [0, 0.05) is 3.57 Å². The molecule has 2 rings (SSSR count). The number of nitrogens with two attached hydrogens (primary N) is 1. The van der Waals surface area contributed by atoms with Crippen LogP contribution in [0.15, 0.2) is 30.5 Å². The summed E-state index contributed by atoms with van der Waals surface area (Å²) in [6.07, 6.45) is 1.40. The van der Waals surface area contributed by atoms with Gasteiger partial charge in [-0.25, -0.2) is 0 Å². The van der Waals surface area contributed by atoms with Crippen molar-refractivity contribution in [3.8, 4) is 0 Å². The number of aromatic amines is 1. The molecule has 0 fully saturated rings. The fraction of sp³-hybridized carbons (Fsp3) is 0. The molecule has 0 aliphatic rings. The third-order valence-electron chi connectivity index (χ3n) is 2.04. The number of nitrogens with one attached hydrogen (secondary N) is 2. The van der Waals surface area contributed by atoms with Gasteiger partial charge >= 0.3 is 0 Å². The number of H-pyrrole nitrogens is 1. The van der Waals surface area contributed by atoms with Crippen LogP contribution in [0.2, 0.25) is 0 Å². The van der Waals surface area contributed by atoms with Crippen molar-refractivity contribution in [1.82, 2.24) is 10.2 Å². The van der Waals surface area contributed by atoms with Crippen LogP contribution in [0.1, 0.15) is 10.4 Å². The SMILES string of the molecule is Nc1[nH]ncc1C(=O)Nc1ccccc1I. The number of amides is 1. The van der Waals surface area contributed by atoms with E-state index in [1.807, 2.05) is 24.3 Å². The van der Waals surface area contributed by atoms with Crippen LogP contribution in [0, 0.1) is 3.57 Å². The number of nitrogens with zero attached hydrogens (tertiary/aromatic N) is 1. The van der Waals surface area contributed by atoms with Crippen molar-refractivity contribution >= 4 is 40.0 Å². The number of para-hydroxylation sites is 1. The molecule has 1 amide bonds. The number of rotatable bonds is 2. The normalized spacial score (nSPS) is 10.1. The molecule has 1 aromatic heterocycles. The number of carbonyl (C=O) groups is 1. The highest BCUT2D eigenvalue weighted by Crippen LogP contribution is 2.18. The van der Waals surface area contributed by atoms with Crippen LogP contribution in [-0.2, 0) is 0 Å². The predicted octanol–water partition coefficient (Wildman–Crippen LogP) is 1.85. The molecule has 16 heavy (non-hydrogen) atoms. The number of aromatic nitrogens is 2. The van der Waals surface area contributed by atoms with Gasteiger partial charge in [0.15, 0.2) is 0 Å². The molecule has 1 aromatic carbocycles. The van der Waals surface area contributed by atoms with Gasteiger partial charge < -0.3 is 11.1 Å². The molecule has 6 heteroatoms. The van der Waals surface area contributed by atoms with Gasteiger partial charge in [0.05, 0.1) is 11.9 Å². The van der Waals surface area contributed by atoms with Gasteiger partial charge in [0.1, 0.15) is 11.4 Å². The Morgan fingerprint density at radius 2 is 2.19 bits per heavy atom. The summed E-state index contributed by atoms with van der Waals surface area (Å²) in [5.41, 5.74) is 6.66. The standard InChI is InChI=1S/C10H9IN4O/c11-7-3-1-2-4-8(7)14-10(16)6-5-13-15-9(6)12/h1-5H,(H,14,16)(H3,12,13,15). The average Bonchev–Trinajstić information content (AvgIpc) is 2.68. The minimum Gasteiger partial charge on any atom is -0.383 e. The first-order chi connectivity index (χ1) is 7.68. The molecular formula is C10H9IN4O. The van der Waals surface area contributed by atoms with E-state index in [9.17, 15) is 4.79 Å². The highest BCUT2D eigenvalue weighted by atomic mass is 127. The van der Waals surface area contributed by atoms with Crippen LogP contribution in [0.25, 0.3) is 0 Å². The Labute approximate surface area is 106 Å². The first-order valence-electron chi connectivity index (χ1n) is 4.53. The third-order valence-corrected chi connectivity index (χ3v) is 2.98. The molecule has 0 radical (unpaired) electrons. The lowest BCUT2D eigenvalue weighted by Gasteiger charge is -2.05. The third kappa shape index (κ3) is 2.16. The quantitative estimate of drug-likeness (QED) is 0.736. The number of benzene rings is 1. The summed E-state index contributed by atoms with van der Waals surface area (Å²) in [5.74, 6) is -0.00111. The Hall–Kier alpha value is -1.57. The molecule has 5 nitrogen and oxygen atoms in total. The lowest BCUT2D eigenvalue weighted by atomic mass is 10.2. The number of hydrogen-bond donors (Lipinski definition) is 3. The first kappa shape index (κ1) is 10.9. The van der Waals surface area contributed by atoms with E-state index in [0.717, 1.165) is 9.26 Å². The summed E-state index contributed by atoms with van der Waals surface area (Å²) in [7, 11) is 0. The number of hydrogen-bond acceptors (Lipinski definition) is 3. The van der Waals surface area contributed by atoms with Gasteiger partial charge in [-0.1, -0.05) is 12.1 Å². The maximum absolute atomic E-state index is 11.8. The van der Waals surface area contributed by atoms with Crippen LogP contribution in [-0.4, -0.2) is 16.1 Å². The van der Waals surface area contributed by atoms with Crippen LogP contribution in [0.5, 0.6) is 0 Å². The van der Waals surface area contributed by atoms with Crippen LogP contribution in [0.4, 0.5) is 11.5 Å². The largest absolute Gasteiger partial charge is 0.383 e. The second kappa shape index (κ2) is 4.52. The predicted molar refractivity (Wildman–Crippen MR) is 70.1 cm³/mol. The summed E-state index contributed by atoms with van der Waals surface area (Å²) in [4.78, 5) is 11.8. The van der Waals surface area contributed by atoms with Crippen molar-refractivity contribution in [2.45, 2.75) is 0 Å². The van der Waals surface area contributed by atoms with Crippen molar-refractivity contribution in [2.24, 2.45) is 0 Å². The van der Waals surface area contributed by atoms with Gasteiger partial charge in [0.25, 0.3) is 5.91 Å². The number of nitrogen functional groups attached to an aromatic ring is 1. The minimum atomic E-state index is -0.268. The van der Waals surface area contributed by atoms with Crippen molar-refractivity contribution in [3.05, 3.63) is 39.6 Å². The Morgan fingerprint density at radius 3 is 2.81 bits per heavy atom. The topological polar surface area (TPSA) is 83.8 Å². The molecule has 0 spiro atoms. The molecule has 0 saturated heterocycles. The summed E-state index contributed by atoms with van der Waals surface area (Å²) in [6.45, 7) is 0. The molecule has 0 aliphatic carbocycles.